The molecule has 2 unspecified atom stereocenters. The van der Waals surface area contributed by atoms with Crippen LogP contribution in [-0.4, -0.2) is 28.4 Å². The zero-order chi connectivity index (χ0) is 28.5. The van der Waals surface area contributed by atoms with Gasteiger partial charge >= 0.3 is 0 Å². The Morgan fingerprint density at radius 1 is 0.675 bits per heavy atom. The summed E-state index contributed by atoms with van der Waals surface area (Å²) < 4.78 is 6.02. The molecule has 0 spiro atoms. The molecule has 2 aliphatic carbocycles. The van der Waals surface area contributed by atoms with Crippen molar-refractivity contribution in [3.63, 3.8) is 0 Å². The van der Waals surface area contributed by atoms with Crippen LogP contribution in [0.3, 0.4) is 0 Å². The molecule has 0 saturated heterocycles. The molecule has 0 heterocycles. The zero-order valence-electron chi connectivity index (χ0n) is 26.2. The van der Waals surface area contributed by atoms with Gasteiger partial charge in [-0.15, -0.1) is 0 Å². The summed E-state index contributed by atoms with van der Waals surface area (Å²) in [5.41, 5.74) is 10.9. The molecule has 0 saturated carbocycles. The van der Waals surface area contributed by atoms with E-state index in [1.807, 2.05) is 0 Å². The molecule has 3 aromatic rings. The van der Waals surface area contributed by atoms with Gasteiger partial charge < -0.3 is 4.74 Å². The van der Waals surface area contributed by atoms with Crippen LogP contribution in [-0.2, 0) is 4.74 Å². The third-order valence-corrected chi connectivity index (χ3v) is 16.9. The Morgan fingerprint density at radius 3 is 1.77 bits per heavy atom. The number of rotatable bonds is 11. The number of hydrogen-bond donors (Lipinski definition) is 0. The predicted molar refractivity (Wildman–Crippen MR) is 179 cm³/mol. The lowest BCUT2D eigenvalue weighted by atomic mass is 10.0. The van der Waals surface area contributed by atoms with Crippen molar-refractivity contribution in [3.05, 3.63) is 95.1 Å². The maximum Gasteiger partial charge on any atom is 0.0709 e. The Balaban J connectivity index is 1.48. The summed E-state index contributed by atoms with van der Waals surface area (Å²) in [4.78, 5) is 0. The number of hydrogen-bond acceptors (Lipinski definition) is 1. The van der Waals surface area contributed by atoms with Crippen molar-refractivity contribution < 1.29 is 4.74 Å². The highest BCUT2D eigenvalue weighted by molar-refractivity contribution is 6.82. The van der Waals surface area contributed by atoms with E-state index in [-0.39, 0.29) is 5.60 Å². The van der Waals surface area contributed by atoms with E-state index in [9.17, 15) is 0 Å². The molecule has 0 aromatic heterocycles. The third-order valence-electron chi connectivity index (χ3n) is 9.62. The first kappa shape index (κ1) is 29.5. The Kier molecular flexibility index (Phi) is 8.67. The number of benzene rings is 3. The maximum absolute atomic E-state index is 6.02. The Bertz CT molecular complexity index is 1250. The summed E-state index contributed by atoms with van der Waals surface area (Å²) in [6.45, 7) is 17.9. The molecule has 0 aliphatic heterocycles. The van der Waals surface area contributed by atoms with Gasteiger partial charge in [-0.05, 0) is 78.5 Å². The minimum Gasteiger partial charge on any atom is -0.376 e. The first-order valence-corrected chi connectivity index (χ1v) is 22.5. The minimum atomic E-state index is -1.87. The van der Waals surface area contributed by atoms with Gasteiger partial charge in [0.2, 0.25) is 0 Å². The highest BCUT2D eigenvalue weighted by Gasteiger charge is 2.51. The summed E-state index contributed by atoms with van der Waals surface area (Å²) in [5, 5.41) is 0. The van der Waals surface area contributed by atoms with Crippen LogP contribution in [0.1, 0.15) is 92.1 Å². The van der Waals surface area contributed by atoms with Gasteiger partial charge in [0.15, 0.2) is 0 Å². The Labute approximate surface area is 246 Å². The average Bonchev–Trinajstić information content (AvgIpc) is 3.43. The minimum absolute atomic E-state index is 0.0307. The largest absolute Gasteiger partial charge is 0.376 e. The zero-order valence-corrected chi connectivity index (χ0v) is 28.2. The van der Waals surface area contributed by atoms with E-state index in [0.717, 1.165) is 18.1 Å². The lowest BCUT2D eigenvalue weighted by Crippen LogP contribution is -2.44. The molecule has 3 heteroatoms. The fourth-order valence-electron chi connectivity index (χ4n) is 8.02. The molecule has 1 nitrogen and oxygen atoms in total. The average molecular weight is 569 g/mol. The standard InChI is InChI=1S/C37H52OSi2/c1-37(2,3)38-24-16-8-9-17-25-40(7,35-26-28(27-39(4,5)6)29-18-10-13-21-32(29)35)36-33-22-14-11-19-30(33)31-20-12-15-23-34(31)36/h10-15,18-23,28,35-36H,8-9,16-17,24-27H2,1-7H3/t28?,35?,40-/m1/s1. The van der Waals surface area contributed by atoms with Gasteiger partial charge in [0.1, 0.15) is 0 Å². The van der Waals surface area contributed by atoms with Crippen LogP contribution in [0, 0.1) is 0 Å². The van der Waals surface area contributed by atoms with Crippen molar-refractivity contribution in [1.82, 2.24) is 0 Å². The normalized spacial score (nSPS) is 20.2. The Morgan fingerprint density at radius 2 is 1.20 bits per heavy atom. The highest BCUT2D eigenvalue weighted by atomic mass is 28.3. The fraction of sp³-hybridized carbons (Fsp3) is 0.514. The third kappa shape index (κ3) is 6.27. The molecule has 3 atom stereocenters. The fourth-order valence-corrected chi connectivity index (χ4v) is 15.7. The van der Waals surface area contributed by atoms with Crippen LogP contribution >= 0.6 is 0 Å². The SMILES string of the molecule is CC(C)(C)OCCCCCC[Si@](C)(C1CC(C[Si](C)(C)C)c2ccccc21)C1c2ccccc2-c2ccccc21. The number of ether oxygens (including phenoxy) is 1. The molecule has 5 rings (SSSR count). The summed E-state index contributed by atoms with van der Waals surface area (Å²) in [6, 6.07) is 31.2. The van der Waals surface area contributed by atoms with Crippen molar-refractivity contribution in [2.24, 2.45) is 0 Å². The van der Waals surface area contributed by atoms with Crippen LogP contribution < -0.4 is 0 Å². The molecule has 0 amide bonds. The first-order valence-electron chi connectivity index (χ1n) is 15.9. The molecule has 0 fully saturated rings. The second-order valence-corrected chi connectivity index (χ2v) is 25.4. The van der Waals surface area contributed by atoms with Crippen molar-refractivity contribution >= 4 is 16.1 Å². The smallest absolute Gasteiger partial charge is 0.0709 e. The second-order valence-electron chi connectivity index (χ2n) is 15.1. The van der Waals surface area contributed by atoms with E-state index in [2.05, 4.69) is 120 Å². The lowest BCUT2D eigenvalue weighted by molar-refractivity contribution is -0.00471. The summed E-state index contributed by atoms with van der Waals surface area (Å²) in [5.74, 6) is 0.737. The van der Waals surface area contributed by atoms with Gasteiger partial charge in [0.05, 0.1) is 13.7 Å². The molecule has 3 aromatic carbocycles. The van der Waals surface area contributed by atoms with Crippen LogP contribution in [0.4, 0.5) is 0 Å². The van der Waals surface area contributed by atoms with E-state index in [1.54, 1.807) is 22.3 Å². The van der Waals surface area contributed by atoms with E-state index < -0.39 is 16.1 Å². The second kappa shape index (κ2) is 11.7. The van der Waals surface area contributed by atoms with Crippen LogP contribution in [0.5, 0.6) is 0 Å². The van der Waals surface area contributed by atoms with E-state index in [0.29, 0.717) is 5.54 Å². The Hall–Kier alpha value is -1.95. The molecule has 0 radical (unpaired) electrons. The van der Waals surface area contributed by atoms with Gasteiger partial charge in [-0.1, -0.05) is 130 Å². The molecular formula is C37H52OSi2. The monoisotopic (exact) mass is 568 g/mol. The highest BCUT2D eigenvalue weighted by Crippen LogP contribution is 2.58. The summed E-state index contributed by atoms with van der Waals surface area (Å²) >= 11 is 0. The molecule has 0 bridgehead atoms. The van der Waals surface area contributed by atoms with Crippen LogP contribution in [0.15, 0.2) is 72.8 Å². The predicted octanol–water partition coefficient (Wildman–Crippen LogP) is 10.9. The van der Waals surface area contributed by atoms with Crippen molar-refractivity contribution in [1.29, 1.82) is 0 Å². The molecule has 2 aliphatic rings. The molecule has 0 N–H and O–H groups in total. The van der Waals surface area contributed by atoms with Crippen molar-refractivity contribution in [2.75, 3.05) is 6.61 Å². The van der Waals surface area contributed by atoms with Gasteiger partial charge in [0.25, 0.3) is 0 Å². The van der Waals surface area contributed by atoms with Crippen LogP contribution in [0.25, 0.3) is 11.1 Å². The maximum atomic E-state index is 6.02. The van der Waals surface area contributed by atoms with Gasteiger partial charge in [-0.3, -0.25) is 0 Å². The lowest BCUT2D eigenvalue weighted by Gasteiger charge is -2.41. The summed E-state index contributed by atoms with van der Waals surface area (Å²) in [7, 11) is -3.05. The molecular weight excluding hydrogens is 517 g/mol. The van der Waals surface area contributed by atoms with E-state index in [1.165, 1.54) is 55.3 Å². The topological polar surface area (TPSA) is 9.23 Å². The number of fused-ring (bicyclic) bond motifs is 4. The number of unbranched alkanes of at least 4 members (excludes halogenated alkanes) is 3. The van der Waals surface area contributed by atoms with Gasteiger partial charge in [-0.25, -0.2) is 0 Å². The quantitative estimate of drug-likeness (QED) is 0.165. The van der Waals surface area contributed by atoms with E-state index >= 15 is 0 Å². The summed E-state index contributed by atoms with van der Waals surface area (Å²) in [6.07, 6.45) is 6.48. The van der Waals surface area contributed by atoms with Crippen molar-refractivity contribution in [3.8, 4) is 11.1 Å². The molecule has 214 valence electrons. The van der Waals surface area contributed by atoms with Crippen LogP contribution in [0.2, 0.25) is 38.3 Å². The molecule has 40 heavy (non-hydrogen) atoms. The van der Waals surface area contributed by atoms with Crippen molar-refractivity contribution in [2.45, 2.75) is 114 Å². The first-order chi connectivity index (χ1) is 19.0. The van der Waals surface area contributed by atoms with Gasteiger partial charge in [0, 0.05) is 20.2 Å². The van der Waals surface area contributed by atoms with E-state index in [4.69, 9.17) is 4.74 Å². The van der Waals surface area contributed by atoms with Gasteiger partial charge in [-0.2, -0.15) is 0 Å².